The summed E-state index contributed by atoms with van der Waals surface area (Å²) in [7, 11) is 0. The summed E-state index contributed by atoms with van der Waals surface area (Å²) in [5, 5.41) is 23.1. The molecular formula is C36H36N4O9. The van der Waals surface area contributed by atoms with Crippen molar-refractivity contribution in [1.82, 2.24) is 14.9 Å². The number of nitrogens with one attached hydrogen (secondary N) is 1. The van der Waals surface area contributed by atoms with Crippen LogP contribution in [0.1, 0.15) is 60.9 Å². The standard InChI is InChI=1S/C36H36N4O9/c1-3-21-22-15-20(41)10-11-27(22)38-31-23(21)17-40-29(31)16-25-24(33(40)44)18-48-35(47)36(25,4-2)49-30(42)13-12-28(34(45)46)39-32(43)26(37)14-19-8-6-5-7-9-19/h5-11,15-16,26,28,41H,3-4,12-14,17-18,37H2,1-2H3,(H,39,43)(H,45,46)/t26-,28+,36-/m0/s1. The van der Waals surface area contributed by atoms with Crippen molar-refractivity contribution in [3.05, 3.63) is 92.8 Å². The molecular weight excluding hydrogens is 632 g/mol. The molecule has 2 aliphatic heterocycles. The highest BCUT2D eigenvalue weighted by atomic mass is 16.6. The van der Waals surface area contributed by atoms with E-state index in [0.29, 0.717) is 23.3 Å². The minimum Gasteiger partial charge on any atom is -0.508 e. The molecule has 13 nitrogen and oxygen atoms in total. The number of nitrogens with two attached hydrogens (primary N) is 1. The number of rotatable bonds is 11. The van der Waals surface area contributed by atoms with Gasteiger partial charge in [0.25, 0.3) is 5.56 Å². The maximum atomic E-state index is 13.9. The molecule has 0 unspecified atom stereocenters. The van der Waals surface area contributed by atoms with Gasteiger partial charge in [0, 0.05) is 22.9 Å². The average Bonchev–Trinajstić information content (AvgIpc) is 3.45. The molecule has 49 heavy (non-hydrogen) atoms. The van der Waals surface area contributed by atoms with E-state index in [-0.39, 0.29) is 49.3 Å². The molecule has 0 radical (unpaired) electrons. The van der Waals surface area contributed by atoms with Crippen molar-refractivity contribution in [2.45, 2.75) is 76.8 Å². The van der Waals surface area contributed by atoms with E-state index in [0.717, 1.165) is 22.1 Å². The Kier molecular flexibility index (Phi) is 8.95. The van der Waals surface area contributed by atoms with E-state index in [1.807, 2.05) is 13.0 Å². The number of carboxylic acids is 1. The zero-order chi connectivity index (χ0) is 35.0. The SMILES string of the molecule is CCc1c2c(nc3ccc(O)cc13)-c1cc3c(c(=O)n1C2)COC(=O)[C@@]3(CC)OC(=O)CC[C@@H](NC(=O)[C@@H](N)Cc1ccccc1)C(=O)O. The number of aromatic hydroxyl groups is 1. The first-order valence-electron chi connectivity index (χ1n) is 16.1. The molecule has 5 N–H and O–H groups in total. The fourth-order valence-electron chi connectivity index (χ4n) is 6.72. The van der Waals surface area contributed by atoms with Gasteiger partial charge in [-0.25, -0.2) is 14.6 Å². The zero-order valence-corrected chi connectivity index (χ0v) is 27.0. The lowest BCUT2D eigenvalue weighted by Crippen LogP contribution is -2.50. The predicted octanol–water partition coefficient (Wildman–Crippen LogP) is 2.82. The molecule has 0 aliphatic carbocycles. The summed E-state index contributed by atoms with van der Waals surface area (Å²) in [5.41, 5.74) is 8.14. The maximum absolute atomic E-state index is 13.9. The molecule has 0 saturated carbocycles. The van der Waals surface area contributed by atoms with Crippen molar-refractivity contribution in [3.8, 4) is 17.1 Å². The monoisotopic (exact) mass is 668 g/mol. The van der Waals surface area contributed by atoms with Crippen LogP contribution in [0.5, 0.6) is 5.75 Å². The summed E-state index contributed by atoms with van der Waals surface area (Å²) in [6.07, 6.45) is -0.0832. The predicted molar refractivity (Wildman–Crippen MR) is 176 cm³/mol. The number of ether oxygens (including phenoxy) is 2. The minimum absolute atomic E-state index is 0.0710. The molecule has 3 atom stereocenters. The maximum Gasteiger partial charge on any atom is 0.355 e. The summed E-state index contributed by atoms with van der Waals surface area (Å²) >= 11 is 0. The molecule has 4 heterocycles. The van der Waals surface area contributed by atoms with Crippen molar-refractivity contribution in [2.75, 3.05) is 0 Å². The Bertz CT molecular complexity index is 2060. The number of carboxylic acid groups (broad SMARTS) is 1. The highest BCUT2D eigenvalue weighted by Gasteiger charge is 2.50. The fraction of sp³-hybridized carbons (Fsp3) is 0.333. The number of carbonyl (C=O) groups excluding carboxylic acids is 3. The van der Waals surface area contributed by atoms with Crippen LogP contribution in [0.2, 0.25) is 0 Å². The third-order valence-electron chi connectivity index (χ3n) is 9.29. The summed E-state index contributed by atoms with van der Waals surface area (Å²) in [6, 6.07) is 13.1. The van der Waals surface area contributed by atoms with Gasteiger partial charge < -0.3 is 35.3 Å². The molecule has 13 heteroatoms. The number of esters is 2. The molecule has 2 aliphatic rings. The number of cyclic esters (lactones) is 1. The van der Waals surface area contributed by atoms with Crippen LogP contribution in [0.4, 0.5) is 0 Å². The Morgan fingerprint density at radius 1 is 1.10 bits per heavy atom. The Labute approximate surface area is 280 Å². The van der Waals surface area contributed by atoms with E-state index in [1.165, 1.54) is 6.07 Å². The molecule has 0 fully saturated rings. The largest absolute Gasteiger partial charge is 0.508 e. The van der Waals surface area contributed by atoms with E-state index < -0.39 is 53.5 Å². The lowest BCUT2D eigenvalue weighted by Gasteiger charge is -2.35. The van der Waals surface area contributed by atoms with Crippen LogP contribution >= 0.6 is 0 Å². The van der Waals surface area contributed by atoms with Crippen molar-refractivity contribution in [3.63, 3.8) is 0 Å². The first kappa shape index (κ1) is 33.3. The van der Waals surface area contributed by atoms with Gasteiger partial charge in [0.05, 0.1) is 35.1 Å². The van der Waals surface area contributed by atoms with Crippen molar-refractivity contribution in [2.24, 2.45) is 5.73 Å². The summed E-state index contributed by atoms with van der Waals surface area (Å²) in [6.45, 7) is 3.50. The number of phenolic OH excluding ortho intramolecular Hbond substituents is 1. The molecule has 254 valence electrons. The topological polar surface area (TPSA) is 200 Å². The van der Waals surface area contributed by atoms with Gasteiger partial charge >= 0.3 is 17.9 Å². The number of hydrogen-bond donors (Lipinski definition) is 4. The number of nitrogens with zero attached hydrogens (tertiary/aromatic N) is 2. The Morgan fingerprint density at radius 2 is 1.86 bits per heavy atom. The molecule has 0 bridgehead atoms. The molecule has 0 saturated heterocycles. The second-order valence-corrected chi connectivity index (χ2v) is 12.3. The number of aromatic nitrogens is 2. The highest BCUT2D eigenvalue weighted by Crippen LogP contribution is 2.42. The Balaban J connectivity index is 1.26. The molecule has 4 aromatic rings. The van der Waals surface area contributed by atoms with Crippen molar-refractivity contribution >= 4 is 34.7 Å². The second-order valence-electron chi connectivity index (χ2n) is 12.3. The lowest BCUT2D eigenvalue weighted by molar-refractivity contribution is -0.189. The van der Waals surface area contributed by atoms with Crippen molar-refractivity contribution < 1.29 is 38.9 Å². The Hall–Kier alpha value is -5.56. The van der Waals surface area contributed by atoms with Gasteiger partial charge in [-0.3, -0.25) is 14.4 Å². The fourth-order valence-corrected chi connectivity index (χ4v) is 6.72. The van der Waals surface area contributed by atoms with E-state index in [9.17, 15) is 34.2 Å². The third kappa shape index (κ3) is 6.01. The van der Waals surface area contributed by atoms with Crippen molar-refractivity contribution in [1.29, 1.82) is 0 Å². The van der Waals surface area contributed by atoms with Crippen LogP contribution in [-0.2, 0) is 60.2 Å². The number of carbonyl (C=O) groups is 4. The normalized spacial score (nSPS) is 17.3. The number of benzene rings is 2. The van der Waals surface area contributed by atoms with Gasteiger partial charge in [-0.05, 0) is 61.1 Å². The number of phenols is 1. The van der Waals surface area contributed by atoms with Crippen LogP contribution < -0.4 is 16.6 Å². The van der Waals surface area contributed by atoms with Gasteiger partial charge in [-0.15, -0.1) is 0 Å². The number of hydrogen-bond acceptors (Lipinski definition) is 10. The lowest BCUT2D eigenvalue weighted by atomic mass is 9.85. The second kappa shape index (κ2) is 13.2. The zero-order valence-electron chi connectivity index (χ0n) is 27.0. The van der Waals surface area contributed by atoms with Gasteiger partial charge in [0.15, 0.2) is 0 Å². The first-order chi connectivity index (χ1) is 23.5. The number of pyridine rings is 2. The van der Waals surface area contributed by atoms with Crippen LogP contribution in [0.3, 0.4) is 0 Å². The van der Waals surface area contributed by atoms with E-state index >= 15 is 0 Å². The van der Waals surface area contributed by atoms with Crippen LogP contribution in [0, 0.1) is 0 Å². The van der Waals surface area contributed by atoms with E-state index in [1.54, 1.807) is 54.0 Å². The van der Waals surface area contributed by atoms with Gasteiger partial charge in [-0.1, -0.05) is 44.2 Å². The van der Waals surface area contributed by atoms with Gasteiger partial charge in [0.2, 0.25) is 11.5 Å². The third-order valence-corrected chi connectivity index (χ3v) is 9.29. The number of aryl methyl sites for hydroxylation is 1. The summed E-state index contributed by atoms with van der Waals surface area (Å²) in [4.78, 5) is 70.2. The quantitative estimate of drug-likeness (QED) is 0.151. The number of amides is 1. The van der Waals surface area contributed by atoms with Gasteiger partial charge in [-0.2, -0.15) is 0 Å². The van der Waals surface area contributed by atoms with Gasteiger partial charge in [0.1, 0.15) is 18.4 Å². The van der Waals surface area contributed by atoms with Crippen LogP contribution in [0.15, 0.2) is 59.4 Å². The molecule has 2 aromatic carbocycles. The molecule has 2 aromatic heterocycles. The molecule has 6 rings (SSSR count). The molecule has 1 amide bonds. The highest BCUT2D eigenvalue weighted by molar-refractivity contribution is 5.91. The number of aliphatic carboxylic acids is 1. The van der Waals surface area contributed by atoms with Crippen LogP contribution in [-0.4, -0.2) is 55.7 Å². The van der Waals surface area contributed by atoms with E-state index in [2.05, 4.69) is 5.32 Å². The van der Waals surface area contributed by atoms with E-state index in [4.69, 9.17) is 20.2 Å². The van der Waals surface area contributed by atoms with Crippen LogP contribution in [0.25, 0.3) is 22.3 Å². The minimum atomic E-state index is -1.97. The molecule has 0 spiro atoms. The summed E-state index contributed by atoms with van der Waals surface area (Å²) in [5.74, 6) is -3.74. The Morgan fingerprint density at radius 3 is 2.55 bits per heavy atom. The number of fused-ring (bicyclic) bond motifs is 5. The summed E-state index contributed by atoms with van der Waals surface area (Å²) < 4.78 is 12.8. The smallest absolute Gasteiger partial charge is 0.355 e. The first-order valence-corrected chi connectivity index (χ1v) is 16.1. The average molecular weight is 669 g/mol.